The summed E-state index contributed by atoms with van der Waals surface area (Å²) in [7, 11) is 0. The van der Waals surface area contributed by atoms with E-state index in [1.807, 2.05) is 30.3 Å². The number of hydrogen-bond acceptors (Lipinski definition) is 9. The molecule has 0 aliphatic carbocycles. The van der Waals surface area contributed by atoms with Gasteiger partial charge in [-0.25, -0.2) is 14.5 Å². The third kappa shape index (κ3) is 3.08. The zero-order valence-corrected chi connectivity index (χ0v) is 14.2. The zero-order chi connectivity index (χ0) is 19.0. The number of aliphatic hydroxyl groups excluding tert-OH is 3. The number of benzene rings is 1. The highest BCUT2D eigenvalue weighted by Gasteiger charge is 2.45. The Hall–Kier alpha value is -2.79. The maximum absolute atomic E-state index is 10.4. The average molecular weight is 373 g/mol. The molecule has 1 unspecified atom stereocenters. The van der Waals surface area contributed by atoms with Crippen LogP contribution < -0.4 is 10.5 Å². The molecule has 0 spiro atoms. The minimum atomic E-state index is -1.31. The Balaban J connectivity index is 1.74. The van der Waals surface area contributed by atoms with Crippen molar-refractivity contribution < 1.29 is 24.8 Å². The molecule has 1 fully saturated rings. The first-order valence-electron chi connectivity index (χ1n) is 8.37. The number of ether oxygens (including phenoxy) is 2. The molecule has 1 saturated heterocycles. The van der Waals surface area contributed by atoms with Crippen LogP contribution in [0.1, 0.15) is 11.8 Å². The molecule has 3 aromatic rings. The predicted molar refractivity (Wildman–Crippen MR) is 93.5 cm³/mol. The van der Waals surface area contributed by atoms with Gasteiger partial charge in [0.1, 0.15) is 31.2 Å². The molecule has 1 aliphatic rings. The van der Waals surface area contributed by atoms with Gasteiger partial charge < -0.3 is 30.5 Å². The number of rotatable bonds is 5. The lowest BCUT2D eigenvalue weighted by molar-refractivity contribution is -0.0545. The monoisotopic (exact) mass is 373 g/mol. The van der Waals surface area contributed by atoms with Gasteiger partial charge in [-0.3, -0.25) is 0 Å². The van der Waals surface area contributed by atoms with Gasteiger partial charge in [0.05, 0.1) is 6.61 Å². The van der Waals surface area contributed by atoms with E-state index >= 15 is 0 Å². The van der Waals surface area contributed by atoms with Crippen LogP contribution in [0.3, 0.4) is 0 Å². The van der Waals surface area contributed by atoms with E-state index in [4.69, 9.17) is 15.2 Å². The van der Waals surface area contributed by atoms with Gasteiger partial charge in [-0.2, -0.15) is 4.98 Å². The molecule has 0 radical (unpaired) electrons. The predicted octanol–water partition coefficient (Wildman–Crippen LogP) is -0.401. The number of fused-ring (bicyclic) bond motifs is 1. The van der Waals surface area contributed by atoms with Gasteiger partial charge in [-0.1, -0.05) is 30.3 Å². The van der Waals surface area contributed by atoms with Gasteiger partial charge in [0.25, 0.3) is 0 Å². The second kappa shape index (κ2) is 7.08. The Morgan fingerprint density at radius 1 is 1.15 bits per heavy atom. The quantitative estimate of drug-likeness (QED) is 0.468. The third-order valence-electron chi connectivity index (χ3n) is 4.46. The molecule has 0 amide bonds. The summed E-state index contributed by atoms with van der Waals surface area (Å²) in [6.45, 7) is -0.231. The molecule has 0 saturated carbocycles. The number of nitrogen functional groups attached to an aromatic ring is 1. The van der Waals surface area contributed by atoms with Crippen LogP contribution in [-0.2, 0) is 11.3 Å². The summed E-state index contributed by atoms with van der Waals surface area (Å²) in [4.78, 5) is 12.4. The Kier molecular flexibility index (Phi) is 4.62. The maximum Gasteiger partial charge on any atom is 0.301 e. The number of aromatic nitrogens is 4. The van der Waals surface area contributed by atoms with Crippen molar-refractivity contribution in [1.82, 2.24) is 19.5 Å². The number of nitrogens with two attached hydrogens (primary N) is 1. The van der Waals surface area contributed by atoms with Gasteiger partial charge in [0, 0.05) is 0 Å². The van der Waals surface area contributed by atoms with Crippen molar-refractivity contribution in [2.45, 2.75) is 31.1 Å². The van der Waals surface area contributed by atoms with E-state index in [0.717, 1.165) is 5.56 Å². The van der Waals surface area contributed by atoms with E-state index in [1.54, 1.807) is 0 Å². The third-order valence-corrected chi connectivity index (χ3v) is 4.46. The van der Waals surface area contributed by atoms with Gasteiger partial charge in [-0.15, -0.1) is 0 Å². The Morgan fingerprint density at radius 2 is 1.93 bits per heavy atom. The van der Waals surface area contributed by atoms with Crippen LogP contribution in [0, 0.1) is 0 Å². The second-order valence-electron chi connectivity index (χ2n) is 6.20. The first-order chi connectivity index (χ1) is 13.1. The minimum absolute atomic E-state index is 0.107. The summed E-state index contributed by atoms with van der Waals surface area (Å²) in [6, 6.07) is 9.57. The molecule has 10 nitrogen and oxygen atoms in total. The van der Waals surface area contributed by atoms with E-state index in [-0.39, 0.29) is 18.4 Å². The molecule has 142 valence electrons. The fraction of sp³-hybridized carbons (Fsp3) is 0.353. The Labute approximate surface area is 153 Å². The lowest BCUT2D eigenvalue weighted by atomic mass is 10.1. The van der Waals surface area contributed by atoms with Crippen molar-refractivity contribution in [1.29, 1.82) is 0 Å². The number of aliphatic hydroxyl groups is 3. The van der Waals surface area contributed by atoms with Crippen molar-refractivity contribution in [2.24, 2.45) is 0 Å². The van der Waals surface area contributed by atoms with Crippen molar-refractivity contribution in [2.75, 3.05) is 12.3 Å². The van der Waals surface area contributed by atoms with Crippen LogP contribution in [0.2, 0.25) is 0 Å². The molecule has 1 aromatic carbocycles. The van der Waals surface area contributed by atoms with Crippen LogP contribution in [0.4, 0.5) is 5.82 Å². The minimum Gasteiger partial charge on any atom is -0.460 e. The van der Waals surface area contributed by atoms with Gasteiger partial charge >= 0.3 is 6.01 Å². The van der Waals surface area contributed by atoms with Crippen molar-refractivity contribution >= 4 is 17.0 Å². The number of nitrogens with zero attached hydrogens (tertiary/aromatic N) is 4. The van der Waals surface area contributed by atoms with Crippen LogP contribution in [0.15, 0.2) is 36.7 Å². The fourth-order valence-corrected chi connectivity index (χ4v) is 3.05. The highest BCUT2D eigenvalue weighted by molar-refractivity contribution is 5.82. The fourth-order valence-electron chi connectivity index (χ4n) is 3.05. The van der Waals surface area contributed by atoms with Crippen LogP contribution in [0.25, 0.3) is 11.2 Å². The van der Waals surface area contributed by atoms with Crippen molar-refractivity contribution in [3.8, 4) is 6.01 Å². The molecule has 4 rings (SSSR count). The average Bonchev–Trinajstić information content (AvgIpc) is 3.19. The highest BCUT2D eigenvalue weighted by atomic mass is 16.6. The molecule has 3 heterocycles. The van der Waals surface area contributed by atoms with Gasteiger partial charge in [0.2, 0.25) is 0 Å². The maximum atomic E-state index is 10.4. The standard InChI is InChI=1S/C17H19N5O5/c18-14-11-15(20-8-19-14)22(16-13(25)12(24)10(6-23)27-16)17(21-11)26-7-9-4-2-1-3-5-9/h1-5,8,10,12-13,16,23-25H,6-7H2,(H2,18,19,20)/t10-,12?,13+,16-/m1/s1. The smallest absolute Gasteiger partial charge is 0.301 e. The molecule has 0 bridgehead atoms. The summed E-state index contributed by atoms with van der Waals surface area (Å²) in [6.07, 6.45) is -3.31. The van der Waals surface area contributed by atoms with Crippen LogP contribution >= 0.6 is 0 Å². The molecule has 5 N–H and O–H groups in total. The van der Waals surface area contributed by atoms with Crippen molar-refractivity contribution in [3.63, 3.8) is 0 Å². The van der Waals surface area contributed by atoms with Gasteiger partial charge in [-0.05, 0) is 5.56 Å². The summed E-state index contributed by atoms with van der Waals surface area (Å²) in [5.74, 6) is 0.148. The van der Waals surface area contributed by atoms with E-state index in [9.17, 15) is 15.3 Å². The molecular weight excluding hydrogens is 354 g/mol. The number of hydrogen-bond donors (Lipinski definition) is 4. The van der Waals surface area contributed by atoms with E-state index < -0.39 is 31.1 Å². The largest absolute Gasteiger partial charge is 0.460 e. The van der Waals surface area contributed by atoms with Crippen molar-refractivity contribution in [3.05, 3.63) is 42.2 Å². The van der Waals surface area contributed by atoms with Crippen LogP contribution in [-0.4, -0.2) is 59.8 Å². The lowest BCUT2D eigenvalue weighted by Gasteiger charge is -2.19. The molecule has 2 aromatic heterocycles. The number of imidazole rings is 1. The summed E-state index contributed by atoms with van der Waals surface area (Å²) < 4.78 is 12.8. The molecule has 27 heavy (non-hydrogen) atoms. The SMILES string of the molecule is Nc1ncnc2c1nc(OCc1ccccc1)n2[C@@H]1O[C@H](CO)C(O)[C@@H]1O. The van der Waals surface area contributed by atoms with E-state index in [2.05, 4.69) is 15.0 Å². The lowest BCUT2D eigenvalue weighted by Crippen LogP contribution is -2.33. The first kappa shape index (κ1) is 17.6. The second-order valence-corrected chi connectivity index (χ2v) is 6.20. The van der Waals surface area contributed by atoms with E-state index in [1.165, 1.54) is 10.9 Å². The molecular formula is C17H19N5O5. The Morgan fingerprint density at radius 3 is 2.63 bits per heavy atom. The zero-order valence-electron chi connectivity index (χ0n) is 14.2. The number of anilines is 1. The normalized spacial score (nSPS) is 25.1. The molecule has 10 heteroatoms. The highest BCUT2D eigenvalue weighted by Crippen LogP contribution is 2.36. The summed E-state index contributed by atoms with van der Waals surface area (Å²) >= 11 is 0. The summed E-state index contributed by atoms with van der Waals surface area (Å²) in [5, 5.41) is 29.8. The van der Waals surface area contributed by atoms with Crippen LogP contribution in [0.5, 0.6) is 6.01 Å². The topological polar surface area (TPSA) is 149 Å². The van der Waals surface area contributed by atoms with E-state index in [0.29, 0.717) is 11.2 Å². The molecule has 1 aliphatic heterocycles. The van der Waals surface area contributed by atoms with Gasteiger partial charge in [0.15, 0.2) is 23.2 Å². The summed E-state index contributed by atoms with van der Waals surface area (Å²) in [5.41, 5.74) is 7.38. The Bertz CT molecular complexity index is 934. The first-order valence-corrected chi connectivity index (χ1v) is 8.37. The molecule has 4 atom stereocenters.